The van der Waals surface area contributed by atoms with Crippen molar-refractivity contribution in [2.75, 3.05) is 16.7 Å². The SMILES string of the molecule is COc1ccc(S(=O)(=O)N(Cc2ccccc2)c2ccccc2C(=O)Nc2cccc(Br)c2)cc1. The molecule has 35 heavy (non-hydrogen) atoms. The molecule has 6 nitrogen and oxygen atoms in total. The third-order valence-electron chi connectivity index (χ3n) is 5.32. The quantitative estimate of drug-likeness (QED) is 0.287. The molecule has 0 saturated heterocycles. The van der Waals surface area contributed by atoms with Gasteiger partial charge in [0.15, 0.2) is 0 Å². The number of sulfonamides is 1. The number of methoxy groups -OCH3 is 1. The van der Waals surface area contributed by atoms with Crippen LogP contribution in [0.3, 0.4) is 0 Å². The van der Waals surface area contributed by atoms with Gasteiger partial charge in [-0.15, -0.1) is 0 Å². The molecule has 4 aromatic carbocycles. The van der Waals surface area contributed by atoms with Gasteiger partial charge in [-0.1, -0.05) is 64.5 Å². The second-order valence-electron chi connectivity index (χ2n) is 7.65. The largest absolute Gasteiger partial charge is 0.497 e. The minimum atomic E-state index is -4.02. The highest BCUT2D eigenvalue weighted by atomic mass is 79.9. The average Bonchev–Trinajstić information content (AvgIpc) is 2.88. The van der Waals surface area contributed by atoms with E-state index in [9.17, 15) is 13.2 Å². The van der Waals surface area contributed by atoms with Gasteiger partial charge in [0.25, 0.3) is 15.9 Å². The molecular formula is C27H23BrN2O4S. The van der Waals surface area contributed by atoms with Crippen molar-refractivity contribution in [3.63, 3.8) is 0 Å². The van der Waals surface area contributed by atoms with Crippen molar-refractivity contribution < 1.29 is 17.9 Å². The fourth-order valence-corrected chi connectivity index (χ4v) is 5.44. The van der Waals surface area contributed by atoms with Crippen LogP contribution in [0.15, 0.2) is 112 Å². The van der Waals surface area contributed by atoms with Crippen LogP contribution in [-0.4, -0.2) is 21.4 Å². The number of halogens is 1. The standard InChI is InChI=1S/C27H23BrN2O4S/c1-34-23-14-16-24(17-15-23)35(32,33)30(19-20-8-3-2-4-9-20)26-13-6-5-12-25(26)27(31)29-22-11-7-10-21(28)18-22/h2-18H,19H2,1H3,(H,29,31). The number of hydrogen-bond donors (Lipinski definition) is 1. The van der Waals surface area contributed by atoms with Gasteiger partial charge in [0.2, 0.25) is 0 Å². The Kier molecular flexibility index (Phi) is 7.53. The molecule has 4 rings (SSSR count). The molecule has 0 heterocycles. The highest BCUT2D eigenvalue weighted by Crippen LogP contribution is 2.30. The van der Waals surface area contributed by atoms with Crippen molar-refractivity contribution in [3.05, 3.63) is 119 Å². The van der Waals surface area contributed by atoms with Gasteiger partial charge < -0.3 is 10.1 Å². The molecule has 178 valence electrons. The van der Waals surface area contributed by atoms with Gasteiger partial charge in [0, 0.05) is 10.2 Å². The Labute approximate surface area is 213 Å². The van der Waals surface area contributed by atoms with Crippen LogP contribution in [0.5, 0.6) is 5.75 Å². The number of carbonyl (C=O) groups is 1. The van der Waals surface area contributed by atoms with E-state index in [1.807, 2.05) is 36.4 Å². The number of ether oxygens (including phenoxy) is 1. The van der Waals surface area contributed by atoms with E-state index in [0.717, 1.165) is 10.0 Å². The molecule has 0 fully saturated rings. The summed E-state index contributed by atoms with van der Waals surface area (Å²) < 4.78 is 35.0. The lowest BCUT2D eigenvalue weighted by Gasteiger charge is -2.26. The zero-order valence-electron chi connectivity index (χ0n) is 18.9. The second kappa shape index (κ2) is 10.8. The maximum absolute atomic E-state index is 13.9. The fraction of sp³-hybridized carbons (Fsp3) is 0.0741. The Morgan fingerprint density at radius 1 is 0.886 bits per heavy atom. The summed E-state index contributed by atoms with van der Waals surface area (Å²) in [5.74, 6) is 0.133. The van der Waals surface area contributed by atoms with E-state index in [2.05, 4.69) is 21.2 Å². The molecular weight excluding hydrogens is 528 g/mol. The number of hydrogen-bond acceptors (Lipinski definition) is 4. The van der Waals surface area contributed by atoms with E-state index in [1.165, 1.54) is 23.5 Å². The molecule has 0 atom stereocenters. The number of amides is 1. The van der Waals surface area contributed by atoms with Gasteiger partial charge in [0.05, 0.1) is 29.8 Å². The molecule has 0 radical (unpaired) electrons. The maximum Gasteiger partial charge on any atom is 0.264 e. The minimum absolute atomic E-state index is 0.0520. The van der Waals surface area contributed by atoms with Gasteiger partial charge in [0.1, 0.15) is 5.75 Å². The van der Waals surface area contributed by atoms with E-state index in [1.54, 1.807) is 54.6 Å². The summed E-state index contributed by atoms with van der Waals surface area (Å²) in [6.45, 7) is 0.0520. The molecule has 0 saturated carbocycles. The first kappa shape index (κ1) is 24.5. The number of benzene rings is 4. The van der Waals surface area contributed by atoms with Gasteiger partial charge in [-0.2, -0.15) is 0 Å². The Hall–Kier alpha value is -3.62. The van der Waals surface area contributed by atoms with Gasteiger partial charge >= 0.3 is 0 Å². The smallest absolute Gasteiger partial charge is 0.264 e. The van der Waals surface area contributed by atoms with E-state index in [0.29, 0.717) is 11.4 Å². The van der Waals surface area contributed by atoms with Crippen LogP contribution in [0.2, 0.25) is 0 Å². The van der Waals surface area contributed by atoms with Crippen LogP contribution < -0.4 is 14.4 Å². The minimum Gasteiger partial charge on any atom is -0.497 e. The summed E-state index contributed by atoms with van der Waals surface area (Å²) >= 11 is 3.40. The molecule has 0 spiro atoms. The first-order chi connectivity index (χ1) is 16.9. The summed E-state index contributed by atoms with van der Waals surface area (Å²) in [6, 6.07) is 29.3. The van der Waals surface area contributed by atoms with Crippen LogP contribution in [0, 0.1) is 0 Å². The predicted molar refractivity (Wildman–Crippen MR) is 141 cm³/mol. The van der Waals surface area contributed by atoms with E-state index >= 15 is 0 Å². The molecule has 1 N–H and O–H groups in total. The third-order valence-corrected chi connectivity index (χ3v) is 7.58. The van der Waals surface area contributed by atoms with E-state index in [4.69, 9.17) is 4.74 Å². The first-order valence-electron chi connectivity index (χ1n) is 10.7. The van der Waals surface area contributed by atoms with Gasteiger partial charge in [-0.25, -0.2) is 8.42 Å². The van der Waals surface area contributed by atoms with Crippen LogP contribution in [0.1, 0.15) is 15.9 Å². The Balaban J connectivity index is 1.78. The second-order valence-corrected chi connectivity index (χ2v) is 10.4. The molecule has 0 bridgehead atoms. The number of nitrogens with one attached hydrogen (secondary N) is 1. The number of anilines is 2. The molecule has 0 unspecified atom stereocenters. The molecule has 1 amide bonds. The topological polar surface area (TPSA) is 75.7 Å². The Morgan fingerprint density at radius 2 is 1.57 bits per heavy atom. The zero-order chi connectivity index (χ0) is 24.8. The first-order valence-corrected chi connectivity index (χ1v) is 13.0. The number of rotatable bonds is 8. The van der Waals surface area contributed by atoms with Gasteiger partial charge in [-0.3, -0.25) is 9.10 Å². The summed E-state index contributed by atoms with van der Waals surface area (Å²) in [5, 5.41) is 2.86. The molecule has 0 aliphatic heterocycles. The number of nitrogens with zero attached hydrogens (tertiary/aromatic N) is 1. The number of para-hydroxylation sites is 1. The van der Waals surface area contributed by atoms with Crippen molar-refractivity contribution in [2.45, 2.75) is 11.4 Å². The summed E-state index contributed by atoms with van der Waals surface area (Å²) in [6.07, 6.45) is 0. The summed E-state index contributed by atoms with van der Waals surface area (Å²) in [4.78, 5) is 13.4. The lowest BCUT2D eigenvalue weighted by Crippen LogP contribution is -2.32. The molecule has 0 aromatic heterocycles. The lowest BCUT2D eigenvalue weighted by molar-refractivity contribution is 0.102. The zero-order valence-corrected chi connectivity index (χ0v) is 21.3. The van der Waals surface area contributed by atoms with E-state index in [-0.39, 0.29) is 22.7 Å². The van der Waals surface area contributed by atoms with Crippen molar-refractivity contribution in [2.24, 2.45) is 0 Å². The van der Waals surface area contributed by atoms with Crippen LogP contribution in [-0.2, 0) is 16.6 Å². The normalized spacial score (nSPS) is 11.0. The molecule has 8 heteroatoms. The van der Waals surface area contributed by atoms with Crippen molar-refractivity contribution >= 4 is 43.2 Å². The van der Waals surface area contributed by atoms with Crippen molar-refractivity contribution in [3.8, 4) is 5.75 Å². The van der Waals surface area contributed by atoms with Crippen molar-refractivity contribution in [1.82, 2.24) is 0 Å². The third kappa shape index (κ3) is 5.72. The van der Waals surface area contributed by atoms with E-state index < -0.39 is 15.9 Å². The molecule has 4 aromatic rings. The van der Waals surface area contributed by atoms with Crippen LogP contribution in [0.4, 0.5) is 11.4 Å². The fourth-order valence-electron chi connectivity index (χ4n) is 3.57. The lowest BCUT2D eigenvalue weighted by atomic mass is 10.1. The highest BCUT2D eigenvalue weighted by molar-refractivity contribution is 9.10. The molecule has 0 aliphatic rings. The Morgan fingerprint density at radius 3 is 2.26 bits per heavy atom. The maximum atomic E-state index is 13.9. The van der Waals surface area contributed by atoms with Crippen LogP contribution >= 0.6 is 15.9 Å². The summed E-state index contributed by atoms with van der Waals surface area (Å²) in [5.41, 5.74) is 1.89. The van der Waals surface area contributed by atoms with Gasteiger partial charge in [-0.05, 0) is 60.2 Å². The average molecular weight is 551 g/mol. The van der Waals surface area contributed by atoms with Crippen LogP contribution in [0.25, 0.3) is 0 Å². The summed E-state index contributed by atoms with van der Waals surface area (Å²) in [7, 11) is -2.50. The predicted octanol–water partition coefficient (Wildman–Crippen LogP) is 6.11. The molecule has 0 aliphatic carbocycles. The van der Waals surface area contributed by atoms with Crippen molar-refractivity contribution in [1.29, 1.82) is 0 Å². The monoisotopic (exact) mass is 550 g/mol. The number of carbonyl (C=O) groups excluding carboxylic acids is 1. The Bertz CT molecular complexity index is 1430. The highest BCUT2D eigenvalue weighted by Gasteiger charge is 2.28.